The molecule has 6 heteroatoms. The van der Waals surface area contributed by atoms with Crippen molar-refractivity contribution < 1.29 is 19.1 Å². The quantitative estimate of drug-likeness (QED) is 0.531. The van der Waals surface area contributed by atoms with E-state index in [1.807, 2.05) is 0 Å². The smallest absolute Gasteiger partial charge is 0.325 e. The lowest BCUT2D eigenvalue weighted by atomic mass is 10.3. The largest absolute Gasteiger partial charge is 0.468 e. The second-order valence-electron chi connectivity index (χ2n) is 2.86. The Morgan fingerprint density at radius 1 is 1.64 bits per heavy atom. The van der Waals surface area contributed by atoms with Gasteiger partial charge in [0, 0.05) is 13.1 Å². The van der Waals surface area contributed by atoms with Crippen LogP contribution >= 0.6 is 0 Å². The lowest BCUT2D eigenvalue weighted by Gasteiger charge is -2.22. The summed E-state index contributed by atoms with van der Waals surface area (Å²) in [6, 6.07) is 0. The minimum absolute atomic E-state index is 0.116. The van der Waals surface area contributed by atoms with E-state index in [4.69, 9.17) is 4.74 Å². The van der Waals surface area contributed by atoms with E-state index in [9.17, 15) is 9.59 Å². The van der Waals surface area contributed by atoms with E-state index in [1.165, 1.54) is 7.11 Å². The summed E-state index contributed by atoms with van der Waals surface area (Å²) in [5.74, 6) is -0.760. The molecule has 0 aromatic rings. The van der Waals surface area contributed by atoms with Crippen molar-refractivity contribution in [1.29, 1.82) is 0 Å². The highest BCUT2D eigenvalue weighted by Crippen LogP contribution is 1.95. The Morgan fingerprint density at radius 3 is 3.00 bits per heavy atom. The predicted octanol–water partition coefficient (Wildman–Crippen LogP) is -1.74. The maximum Gasteiger partial charge on any atom is 0.325 e. The van der Waals surface area contributed by atoms with E-state index in [2.05, 4.69) is 15.4 Å². The van der Waals surface area contributed by atoms with E-state index >= 15 is 0 Å². The van der Waals surface area contributed by atoms with Crippen LogP contribution in [-0.2, 0) is 19.1 Å². The van der Waals surface area contributed by atoms with Crippen LogP contribution in [0.3, 0.4) is 0 Å². The molecule has 1 rings (SSSR count). The van der Waals surface area contributed by atoms with Crippen molar-refractivity contribution in [3.8, 4) is 0 Å². The zero-order valence-electron chi connectivity index (χ0n) is 8.04. The molecule has 0 saturated carbocycles. The minimum Gasteiger partial charge on any atom is -0.468 e. The van der Waals surface area contributed by atoms with Crippen LogP contribution < -0.4 is 10.6 Å². The van der Waals surface area contributed by atoms with Crippen LogP contribution in [0.25, 0.3) is 0 Å². The molecule has 1 amide bonds. The molecule has 14 heavy (non-hydrogen) atoms. The lowest BCUT2D eigenvalue weighted by molar-refractivity contribution is -0.143. The molecule has 0 unspecified atom stereocenters. The number of hydrogen-bond acceptors (Lipinski definition) is 5. The minimum atomic E-state index is -0.506. The molecule has 1 aliphatic rings. The lowest BCUT2D eigenvalue weighted by Crippen LogP contribution is -2.48. The third kappa shape index (κ3) is 3.31. The zero-order valence-corrected chi connectivity index (χ0v) is 8.04. The van der Waals surface area contributed by atoms with Gasteiger partial charge in [0.15, 0.2) is 0 Å². The number of methoxy groups -OCH3 is 1. The van der Waals surface area contributed by atoms with Gasteiger partial charge < -0.3 is 20.1 Å². The summed E-state index contributed by atoms with van der Waals surface area (Å²) in [7, 11) is 1.27. The van der Waals surface area contributed by atoms with E-state index in [1.54, 1.807) is 0 Å². The van der Waals surface area contributed by atoms with Crippen molar-refractivity contribution in [2.75, 3.05) is 33.4 Å². The topological polar surface area (TPSA) is 76.7 Å². The molecular weight excluding hydrogens is 188 g/mol. The number of carbonyl (C=O) groups is 2. The highest BCUT2D eigenvalue weighted by molar-refractivity contribution is 5.85. The third-order valence-electron chi connectivity index (χ3n) is 1.85. The first kappa shape index (κ1) is 10.9. The fraction of sp³-hybridized carbons (Fsp3) is 0.750. The highest BCUT2D eigenvalue weighted by Gasteiger charge is 2.21. The van der Waals surface area contributed by atoms with Crippen molar-refractivity contribution in [3.05, 3.63) is 0 Å². The predicted molar refractivity (Wildman–Crippen MR) is 47.6 cm³/mol. The number of morpholine rings is 1. The van der Waals surface area contributed by atoms with Crippen LogP contribution in [-0.4, -0.2) is 51.3 Å². The second-order valence-corrected chi connectivity index (χ2v) is 2.86. The molecule has 2 N–H and O–H groups in total. The van der Waals surface area contributed by atoms with E-state index in [0.717, 1.165) is 6.54 Å². The van der Waals surface area contributed by atoms with Crippen LogP contribution in [0, 0.1) is 0 Å². The van der Waals surface area contributed by atoms with Crippen LogP contribution in [0.5, 0.6) is 0 Å². The van der Waals surface area contributed by atoms with Crippen molar-refractivity contribution in [2.45, 2.75) is 6.10 Å². The normalized spacial score (nSPS) is 21.4. The van der Waals surface area contributed by atoms with Gasteiger partial charge in [-0.3, -0.25) is 9.59 Å². The summed E-state index contributed by atoms with van der Waals surface area (Å²) < 4.78 is 9.56. The second kappa shape index (κ2) is 5.56. The van der Waals surface area contributed by atoms with Crippen LogP contribution in [0.2, 0.25) is 0 Å². The average Bonchev–Trinajstić information content (AvgIpc) is 2.26. The Bertz CT molecular complexity index is 213. The number of nitrogens with one attached hydrogen (secondary N) is 2. The molecule has 0 bridgehead atoms. The van der Waals surface area contributed by atoms with E-state index in [-0.39, 0.29) is 12.5 Å². The van der Waals surface area contributed by atoms with Gasteiger partial charge in [0.05, 0.1) is 13.7 Å². The Morgan fingerprint density at radius 2 is 2.43 bits per heavy atom. The van der Waals surface area contributed by atoms with Crippen molar-refractivity contribution in [1.82, 2.24) is 10.6 Å². The van der Waals surface area contributed by atoms with Gasteiger partial charge in [-0.2, -0.15) is 0 Å². The summed E-state index contributed by atoms with van der Waals surface area (Å²) in [5, 5.41) is 5.44. The summed E-state index contributed by atoms with van der Waals surface area (Å²) in [6.45, 7) is 1.62. The number of hydrogen-bond donors (Lipinski definition) is 2. The fourth-order valence-electron chi connectivity index (χ4n) is 1.08. The molecule has 0 aromatic heterocycles. The molecule has 0 aliphatic carbocycles. The fourth-order valence-corrected chi connectivity index (χ4v) is 1.08. The van der Waals surface area contributed by atoms with Gasteiger partial charge >= 0.3 is 5.97 Å². The monoisotopic (exact) mass is 202 g/mol. The average molecular weight is 202 g/mol. The van der Waals surface area contributed by atoms with Crippen molar-refractivity contribution in [2.24, 2.45) is 0 Å². The first-order valence-electron chi connectivity index (χ1n) is 4.41. The molecule has 0 radical (unpaired) electrons. The van der Waals surface area contributed by atoms with Gasteiger partial charge in [-0.1, -0.05) is 0 Å². The molecule has 0 spiro atoms. The summed E-state index contributed by atoms with van der Waals surface area (Å²) >= 11 is 0. The van der Waals surface area contributed by atoms with Gasteiger partial charge in [0.1, 0.15) is 12.6 Å². The summed E-state index contributed by atoms with van der Waals surface area (Å²) in [6.07, 6.45) is -0.506. The molecule has 1 atom stereocenters. The molecule has 6 nitrogen and oxygen atoms in total. The van der Waals surface area contributed by atoms with Gasteiger partial charge in [-0.25, -0.2) is 0 Å². The molecule has 1 saturated heterocycles. The first-order valence-corrected chi connectivity index (χ1v) is 4.41. The molecular formula is C8H14N2O4. The summed E-state index contributed by atoms with van der Waals surface area (Å²) in [5.41, 5.74) is 0. The van der Waals surface area contributed by atoms with Crippen LogP contribution in [0.15, 0.2) is 0 Å². The third-order valence-corrected chi connectivity index (χ3v) is 1.85. The zero-order chi connectivity index (χ0) is 10.4. The SMILES string of the molecule is COC(=O)CNC(=O)[C@@H]1CNCCO1. The Labute approximate surface area is 81.9 Å². The van der Waals surface area contributed by atoms with Gasteiger partial charge in [0.25, 0.3) is 5.91 Å². The van der Waals surface area contributed by atoms with Gasteiger partial charge in [-0.05, 0) is 0 Å². The molecule has 1 heterocycles. The maximum absolute atomic E-state index is 11.3. The molecule has 80 valence electrons. The Balaban J connectivity index is 2.23. The Kier molecular flexibility index (Phi) is 4.34. The number of amides is 1. The van der Waals surface area contributed by atoms with E-state index in [0.29, 0.717) is 13.2 Å². The highest BCUT2D eigenvalue weighted by atomic mass is 16.5. The standard InChI is InChI=1S/C8H14N2O4/c1-13-7(11)5-10-8(12)6-4-9-2-3-14-6/h6,9H,2-5H2,1H3,(H,10,12)/t6-/m0/s1. The maximum atomic E-state index is 11.3. The van der Waals surface area contributed by atoms with Crippen LogP contribution in [0.4, 0.5) is 0 Å². The summed E-state index contributed by atoms with van der Waals surface area (Å²) in [4.78, 5) is 22.0. The molecule has 0 aromatic carbocycles. The number of rotatable bonds is 3. The van der Waals surface area contributed by atoms with Crippen molar-refractivity contribution in [3.63, 3.8) is 0 Å². The van der Waals surface area contributed by atoms with Crippen molar-refractivity contribution >= 4 is 11.9 Å². The molecule has 1 fully saturated rings. The first-order chi connectivity index (χ1) is 6.74. The number of carbonyl (C=O) groups excluding carboxylic acids is 2. The van der Waals surface area contributed by atoms with Gasteiger partial charge in [0.2, 0.25) is 0 Å². The molecule has 1 aliphatic heterocycles. The number of ether oxygens (including phenoxy) is 2. The Hall–Kier alpha value is -1.14. The van der Waals surface area contributed by atoms with E-state index < -0.39 is 12.1 Å². The van der Waals surface area contributed by atoms with Crippen LogP contribution in [0.1, 0.15) is 0 Å². The van der Waals surface area contributed by atoms with Gasteiger partial charge in [-0.15, -0.1) is 0 Å². The number of esters is 1.